The summed E-state index contributed by atoms with van der Waals surface area (Å²) in [5.74, 6) is 1.24. The summed E-state index contributed by atoms with van der Waals surface area (Å²) in [5.41, 5.74) is 2.12. The van der Waals surface area contributed by atoms with Gasteiger partial charge in [-0.15, -0.1) is 0 Å². The summed E-state index contributed by atoms with van der Waals surface area (Å²) in [6, 6.07) is 18.5. The molecule has 3 aromatic rings. The second-order valence-corrected chi connectivity index (χ2v) is 6.61. The Kier molecular flexibility index (Phi) is 5.05. The molecule has 1 aliphatic heterocycles. The van der Waals surface area contributed by atoms with Gasteiger partial charge in [0.25, 0.3) is 5.56 Å². The molecule has 1 saturated heterocycles. The molecule has 2 heterocycles. The summed E-state index contributed by atoms with van der Waals surface area (Å²) < 4.78 is 5.85. The Hall–Kier alpha value is -3.28. The fourth-order valence-corrected chi connectivity index (χ4v) is 3.25. The average Bonchev–Trinajstić information content (AvgIpc) is 3.18. The highest BCUT2D eigenvalue weighted by molar-refractivity contribution is 5.51. The second-order valence-electron chi connectivity index (χ2n) is 6.61. The van der Waals surface area contributed by atoms with Crippen molar-refractivity contribution in [1.82, 2.24) is 9.97 Å². The van der Waals surface area contributed by atoms with Crippen LogP contribution in [0, 0.1) is 0 Å². The van der Waals surface area contributed by atoms with Crippen LogP contribution >= 0.6 is 0 Å². The highest BCUT2D eigenvalue weighted by atomic mass is 16.5. The topological polar surface area (TPSA) is 70.2 Å². The molecule has 0 radical (unpaired) electrons. The first-order valence-corrected chi connectivity index (χ1v) is 9.10. The first-order valence-electron chi connectivity index (χ1n) is 9.10. The molecule has 138 valence electrons. The van der Waals surface area contributed by atoms with Crippen LogP contribution in [-0.4, -0.2) is 29.1 Å². The molecule has 1 fully saturated rings. The van der Waals surface area contributed by atoms with Crippen LogP contribution in [0.5, 0.6) is 5.75 Å². The van der Waals surface area contributed by atoms with E-state index in [1.54, 1.807) is 6.20 Å². The van der Waals surface area contributed by atoms with E-state index < -0.39 is 0 Å². The van der Waals surface area contributed by atoms with E-state index in [1.165, 1.54) is 6.20 Å². The number of nitrogens with one attached hydrogen (secondary N) is 2. The average molecular weight is 362 g/mol. The van der Waals surface area contributed by atoms with E-state index in [0.717, 1.165) is 36.5 Å². The molecule has 0 amide bonds. The number of aromatic nitrogens is 2. The van der Waals surface area contributed by atoms with Crippen LogP contribution in [0.1, 0.15) is 12.0 Å². The summed E-state index contributed by atoms with van der Waals surface area (Å²) in [5, 5.41) is 3.24. The van der Waals surface area contributed by atoms with Crippen molar-refractivity contribution in [3.63, 3.8) is 0 Å². The quantitative estimate of drug-likeness (QED) is 0.705. The Labute approximate surface area is 157 Å². The number of aromatic amines is 1. The number of hydrogen-bond acceptors (Lipinski definition) is 5. The number of H-pyrrole nitrogens is 1. The van der Waals surface area contributed by atoms with Gasteiger partial charge < -0.3 is 19.9 Å². The third kappa shape index (κ3) is 4.28. The van der Waals surface area contributed by atoms with Crippen molar-refractivity contribution >= 4 is 11.5 Å². The molecule has 0 spiro atoms. The van der Waals surface area contributed by atoms with E-state index in [1.807, 2.05) is 30.3 Å². The summed E-state index contributed by atoms with van der Waals surface area (Å²) in [6.07, 6.45) is 4.09. The molecule has 0 aliphatic carbocycles. The van der Waals surface area contributed by atoms with Gasteiger partial charge in [0.2, 0.25) is 0 Å². The van der Waals surface area contributed by atoms with Gasteiger partial charge in [-0.05, 0) is 36.2 Å². The Balaban J connectivity index is 1.33. The summed E-state index contributed by atoms with van der Waals surface area (Å²) in [4.78, 5) is 20.8. The molecule has 6 heteroatoms. The summed E-state index contributed by atoms with van der Waals surface area (Å²) >= 11 is 0. The zero-order valence-corrected chi connectivity index (χ0v) is 15.0. The lowest BCUT2D eigenvalue weighted by Crippen LogP contribution is -2.29. The lowest BCUT2D eigenvalue weighted by atomic mass is 10.2. The van der Waals surface area contributed by atoms with Crippen LogP contribution < -0.4 is 20.5 Å². The second kappa shape index (κ2) is 7.95. The SMILES string of the molecule is O=c1[nH]ccnc1NC1CCN(c2ccc(OCc3ccccc3)cc2)C1. The molecule has 0 bridgehead atoms. The summed E-state index contributed by atoms with van der Waals surface area (Å²) in [6.45, 7) is 2.33. The van der Waals surface area contributed by atoms with Gasteiger partial charge in [0, 0.05) is 37.2 Å². The number of benzene rings is 2. The molecular weight excluding hydrogens is 340 g/mol. The minimum absolute atomic E-state index is 0.184. The predicted octanol–water partition coefficient (Wildman–Crippen LogP) is 3.04. The van der Waals surface area contributed by atoms with Crippen molar-refractivity contribution in [2.45, 2.75) is 19.1 Å². The first kappa shape index (κ1) is 17.1. The zero-order chi connectivity index (χ0) is 18.5. The van der Waals surface area contributed by atoms with Crippen molar-refractivity contribution in [3.8, 4) is 5.75 Å². The number of hydrogen-bond donors (Lipinski definition) is 2. The zero-order valence-electron chi connectivity index (χ0n) is 15.0. The van der Waals surface area contributed by atoms with Crippen molar-refractivity contribution in [1.29, 1.82) is 0 Å². The normalized spacial score (nSPS) is 16.3. The highest BCUT2D eigenvalue weighted by Crippen LogP contribution is 2.24. The maximum Gasteiger partial charge on any atom is 0.290 e. The van der Waals surface area contributed by atoms with Crippen LogP contribution in [-0.2, 0) is 6.61 Å². The largest absolute Gasteiger partial charge is 0.489 e. The third-order valence-corrected chi connectivity index (χ3v) is 4.69. The van der Waals surface area contributed by atoms with E-state index in [4.69, 9.17) is 4.74 Å². The van der Waals surface area contributed by atoms with Crippen molar-refractivity contribution in [3.05, 3.63) is 82.9 Å². The molecule has 4 rings (SSSR count). The molecule has 0 saturated carbocycles. The lowest BCUT2D eigenvalue weighted by Gasteiger charge is -2.19. The Bertz CT molecular complexity index is 925. The Morgan fingerprint density at radius 2 is 1.96 bits per heavy atom. The van der Waals surface area contributed by atoms with Gasteiger partial charge in [0.1, 0.15) is 12.4 Å². The monoisotopic (exact) mass is 362 g/mol. The van der Waals surface area contributed by atoms with E-state index >= 15 is 0 Å². The van der Waals surface area contributed by atoms with Gasteiger partial charge in [-0.25, -0.2) is 4.98 Å². The van der Waals surface area contributed by atoms with Gasteiger partial charge in [-0.1, -0.05) is 30.3 Å². The van der Waals surface area contributed by atoms with E-state index in [9.17, 15) is 4.79 Å². The van der Waals surface area contributed by atoms with Gasteiger partial charge in [0.05, 0.1) is 0 Å². The van der Waals surface area contributed by atoms with Crippen molar-refractivity contribution < 1.29 is 4.74 Å². The minimum atomic E-state index is -0.184. The Morgan fingerprint density at radius 1 is 1.15 bits per heavy atom. The number of rotatable bonds is 6. The molecule has 2 N–H and O–H groups in total. The van der Waals surface area contributed by atoms with Crippen LogP contribution in [0.3, 0.4) is 0 Å². The molecule has 1 atom stereocenters. The van der Waals surface area contributed by atoms with Crippen molar-refractivity contribution in [2.75, 3.05) is 23.3 Å². The molecule has 1 aromatic heterocycles. The predicted molar refractivity (Wildman–Crippen MR) is 106 cm³/mol. The Morgan fingerprint density at radius 3 is 2.74 bits per heavy atom. The van der Waals surface area contributed by atoms with E-state index in [0.29, 0.717) is 12.4 Å². The fourth-order valence-electron chi connectivity index (χ4n) is 3.25. The highest BCUT2D eigenvalue weighted by Gasteiger charge is 2.23. The van der Waals surface area contributed by atoms with E-state index in [-0.39, 0.29) is 11.6 Å². The molecule has 6 nitrogen and oxygen atoms in total. The lowest BCUT2D eigenvalue weighted by molar-refractivity contribution is 0.306. The van der Waals surface area contributed by atoms with Gasteiger partial charge in [0.15, 0.2) is 5.82 Å². The summed E-state index contributed by atoms with van der Waals surface area (Å²) in [7, 11) is 0. The van der Waals surface area contributed by atoms with Crippen LogP contribution in [0.4, 0.5) is 11.5 Å². The van der Waals surface area contributed by atoms with Crippen LogP contribution in [0.25, 0.3) is 0 Å². The fraction of sp³-hybridized carbons (Fsp3) is 0.238. The minimum Gasteiger partial charge on any atom is -0.489 e. The molecule has 1 aliphatic rings. The van der Waals surface area contributed by atoms with Crippen LogP contribution in [0.15, 0.2) is 71.8 Å². The third-order valence-electron chi connectivity index (χ3n) is 4.69. The maximum atomic E-state index is 11.8. The van der Waals surface area contributed by atoms with Gasteiger partial charge in [-0.2, -0.15) is 0 Å². The maximum absolute atomic E-state index is 11.8. The number of anilines is 2. The molecular formula is C21H22N4O2. The standard InChI is InChI=1S/C21H22N4O2/c26-21-20(22-11-12-23-21)24-17-10-13-25(14-17)18-6-8-19(9-7-18)27-15-16-4-2-1-3-5-16/h1-9,11-12,17H,10,13-15H2,(H,22,24)(H,23,26). The van der Waals surface area contributed by atoms with Crippen LogP contribution in [0.2, 0.25) is 0 Å². The molecule has 2 aromatic carbocycles. The molecule has 27 heavy (non-hydrogen) atoms. The smallest absolute Gasteiger partial charge is 0.290 e. The van der Waals surface area contributed by atoms with Crippen molar-refractivity contribution in [2.24, 2.45) is 0 Å². The van der Waals surface area contributed by atoms with Gasteiger partial charge in [-0.3, -0.25) is 4.79 Å². The first-order chi connectivity index (χ1) is 13.3. The number of nitrogens with zero attached hydrogens (tertiary/aromatic N) is 2. The van der Waals surface area contributed by atoms with E-state index in [2.05, 4.69) is 44.5 Å². The van der Waals surface area contributed by atoms with Gasteiger partial charge >= 0.3 is 0 Å². The molecule has 1 unspecified atom stereocenters. The number of ether oxygens (including phenoxy) is 1.